The maximum absolute atomic E-state index is 12.1. The quantitative estimate of drug-likeness (QED) is 0.235. The molecule has 9 heteroatoms. The summed E-state index contributed by atoms with van der Waals surface area (Å²) in [5, 5.41) is 15.2. The number of cyclic esters (lactones) is 1. The molecule has 1 amide bonds. The van der Waals surface area contributed by atoms with Crippen LogP contribution in [-0.4, -0.2) is 38.6 Å². The number of carbonyl (C=O) groups excluding carboxylic acids is 3. The van der Waals surface area contributed by atoms with Gasteiger partial charge >= 0.3 is 35.5 Å². The molecule has 0 spiro atoms. The van der Waals surface area contributed by atoms with Gasteiger partial charge in [0.2, 0.25) is 0 Å². The fourth-order valence-corrected chi connectivity index (χ4v) is 2.96. The summed E-state index contributed by atoms with van der Waals surface area (Å²) in [5.41, 5.74) is 1.72. The first kappa shape index (κ1) is 16.0. The van der Waals surface area contributed by atoms with Crippen molar-refractivity contribution in [2.24, 2.45) is 0 Å². The Kier molecular flexibility index (Phi) is 3.91. The van der Waals surface area contributed by atoms with Gasteiger partial charge in [-0.25, -0.2) is 4.68 Å². The Labute approximate surface area is 152 Å². The van der Waals surface area contributed by atoms with Gasteiger partial charge in [-0.3, -0.25) is 14.5 Å². The van der Waals surface area contributed by atoms with E-state index in [4.69, 9.17) is 4.74 Å². The molecule has 23 heavy (non-hydrogen) atoms. The smallest absolute Gasteiger partial charge is 0.543 e. The van der Waals surface area contributed by atoms with Crippen LogP contribution < -0.4 is 34.7 Å². The molecule has 0 aromatic carbocycles. The minimum Gasteiger partial charge on any atom is -0.543 e. The summed E-state index contributed by atoms with van der Waals surface area (Å²) in [5.74, 6) is -2.00. The number of fused-ring (bicyclic) bond motifs is 2. The van der Waals surface area contributed by atoms with Crippen molar-refractivity contribution in [1.82, 2.24) is 14.7 Å². The number of carboxylic acids is 1. The molecule has 1 aromatic heterocycles. The molecule has 1 atom stereocenters. The third-order valence-corrected chi connectivity index (χ3v) is 4.00. The van der Waals surface area contributed by atoms with E-state index in [0.717, 1.165) is 5.69 Å². The number of ether oxygens (including phenoxy) is 1. The van der Waals surface area contributed by atoms with Crippen LogP contribution in [0.15, 0.2) is 23.4 Å². The molecule has 0 aliphatic carbocycles. The summed E-state index contributed by atoms with van der Waals surface area (Å²) < 4.78 is 6.44. The van der Waals surface area contributed by atoms with Gasteiger partial charge in [0, 0.05) is 5.57 Å². The van der Waals surface area contributed by atoms with Gasteiger partial charge in [0.05, 0.1) is 35.5 Å². The summed E-state index contributed by atoms with van der Waals surface area (Å²) >= 11 is 0. The van der Waals surface area contributed by atoms with Crippen molar-refractivity contribution in [3.05, 3.63) is 34.8 Å². The molecular weight excluding hydrogens is 313 g/mol. The first-order valence-electron chi connectivity index (χ1n) is 6.73. The molecule has 4 heterocycles. The SMILES string of the molecule is O=C1Cc2cc(/C=C3/C(=O)N4C(C(=O)[O-])=CCC34)nn2CO1.[Na+]. The number of rotatable bonds is 2. The molecule has 4 rings (SSSR count). The Morgan fingerprint density at radius 1 is 1.43 bits per heavy atom. The maximum atomic E-state index is 12.1. The van der Waals surface area contributed by atoms with Crippen LogP contribution in [0.5, 0.6) is 0 Å². The van der Waals surface area contributed by atoms with Gasteiger partial charge in [0.25, 0.3) is 5.91 Å². The predicted molar refractivity (Wildman–Crippen MR) is 68.3 cm³/mol. The van der Waals surface area contributed by atoms with Crippen LogP contribution in [0.3, 0.4) is 0 Å². The van der Waals surface area contributed by atoms with Gasteiger partial charge in [0.1, 0.15) is 0 Å². The number of aromatic nitrogens is 2. The average Bonchev–Trinajstić information content (AvgIpc) is 3.05. The minimum atomic E-state index is -1.34. The van der Waals surface area contributed by atoms with Crippen LogP contribution in [0.25, 0.3) is 6.08 Å². The van der Waals surface area contributed by atoms with E-state index in [0.29, 0.717) is 17.7 Å². The Hall–Kier alpha value is -1.90. The second-order valence-electron chi connectivity index (χ2n) is 5.29. The van der Waals surface area contributed by atoms with E-state index in [1.54, 1.807) is 16.8 Å². The fraction of sp³-hybridized carbons (Fsp3) is 0.286. The van der Waals surface area contributed by atoms with Crippen molar-refractivity contribution in [2.75, 3.05) is 0 Å². The Morgan fingerprint density at radius 3 is 2.96 bits per heavy atom. The zero-order valence-corrected chi connectivity index (χ0v) is 14.3. The van der Waals surface area contributed by atoms with Crippen LogP contribution in [0.4, 0.5) is 0 Å². The predicted octanol–water partition coefficient (Wildman–Crippen LogP) is -4.42. The molecular formula is C14H10N3NaO5. The second kappa shape index (κ2) is 5.63. The van der Waals surface area contributed by atoms with Crippen molar-refractivity contribution in [3.63, 3.8) is 0 Å². The monoisotopic (exact) mass is 323 g/mol. The van der Waals surface area contributed by atoms with E-state index in [-0.39, 0.29) is 66.3 Å². The van der Waals surface area contributed by atoms with Crippen LogP contribution in [0, 0.1) is 0 Å². The number of aliphatic carboxylic acids is 1. The summed E-state index contributed by atoms with van der Waals surface area (Å²) in [6.45, 7) is 0.0667. The van der Waals surface area contributed by atoms with Gasteiger partial charge in [-0.1, -0.05) is 6.08 Å². The van der Waals surface area contributed by atoms with Gasteiger partial charge < -0.3 is 14.6 Å². The largest absolute Gasteiger partial charge is 1.00 e. The van der Waals surface area contributed by atoms with E-state index in [2.05, 4.69) is 5.10 Å². The van der Waals surface area contributed by atoms with Crippen molar-refractivity contribution < 1.29 is 53.8 Å². The molecule has 3 aliphatic rings. The number of carbonyl (C=O) groups is 3. The van der Waals surface area contributed by atoms with Gasteiger partial charge in [-0.05, 0) is 18.6 Å². The van der Waals surface area contributed by atoms with E-state index >= 15 is 0 Å². The summed E-state index contributed by atoms with van der Waals surface area (Å²) in [6.07, 6.45) is 3.72. The molecule has 0 bridgehead atoms. The molecule has 1 unspecified atom stereocenters. The van der Waals surface area contributed by atoms with E-state index in [1.165, 1.54) is 11.0 Å². The molecule has 0 radical (unpaired) electrons. The van der Waals surface area contributed by atoms with Crippen LogP contribution >= 0.6 is 0 Å². The molecule has 1 fully saturated rings. The van der Waals surface area contributed by atoms with Crippen molar-refractivity contribution >= 4 is 23.9 Å². The van der Waals surface area contributed by atoms with E-state index in [1.807, 2.05) is 0 Å². The standard InChI is InChI=1S/C14H11N3O5.Na/c18-12-5-8-3-7(15-16(8)6-22-12)4-9-10-1-2-11(14(20)21)17(10)13(9)19;/h2-4,10H,1,5-6H2,(H,20,21);/q;+1/p-1/b9-4+;. The number of amides is 1. The molecule has 1 saturated heterocycles. The molecule has 1 aromatic rings. The number of carboxylic acid groups (broad SMARTS) is 1. The van der Waals surface area contributed by atoms with Gasteiger partial charge in [-0.2, -0.15) is 5.10 Å². The third-order valence-electron chi connectivity index (χ3n) is 4.00. The van der Waals surface area contributed by atoms with Crippen molar-refractivity contribution in [3.8, 4) is 0 Å². The van der Waals surface area contributed by atoms with Gasteiger partial charge in [0.15, 0.2) is 6.73 Å². The number of esters is 1. The number of β-lactam (4-membered cyclic amide) rings is 1. The van der Waals surface area contributed by atoms with Crippen molar-refractivity contribution in [2.45, 2.75) is 25.6 Å². The minimum absolute atomic E-state index is 0. The second-order valence-corrected chi connectivity index (χ2v) is 5.29. The third kappa shape index (κ3) is 2.43. The summed E-state index contributed by atoms with van der Waals surface area (Å²) in [7, 11) is 0. The van der Waals surface area contributed by atoms with E-state index in [9.17, 15) is 19.5 Å². The van der Waals surface area contributed by atoms with Crippen LogP contribution in [-0.2, 0) is 32.3 Å². The number of hydrogen-bond acceptors (Lipinski definition) is 6. The molecule has 0 saturated carbocycles. The molecule has 3 aliphatic heterocycles. The Bertz CT molecular complexity index is 794. The Balaban J connectivity index is 0.00000156. The fourth-order valence-electron chi connectivity index (χ4n) is 2.96. The van der Waals surface area contributed by atoms with E-state index < -0.39 is 5.97 Å². The topological polar surface area (TPSA) is 105 Å². The molecule has 0 N–H and O–H groups in total. The molecule has 8 nitrogen and oxygen atoms in total. The van der Waals surface area contributed by atoms with Crippen LogP contribution in [0.1, 0.15) is 17.8 Å². The maximum Gasteiger partial charge on any atom is 1.00 e. The number of hydrogen-bond donors (Lipinski definition) is 0. The van der Waals surface area contributed by atoms with Crippen LogP contribution in [0.2, 0.25) is 0 Å². The normalized spacial score (nSPS) is 23.5. The number of nitrogens with zero attached hydrogens (tertiary/aromatic N) is 3. The molecule has 112 valence electrons. The zero-order valence-electron chi connectivity index (χ0n) is 12.3. The Morgan fingerprint density at radius 2 is 2.22 bits per heavy atom. The zero-order chi connectivity index (χ0) is 15.4. The van der Waals surface area contributed by atoms with Gasteiger partial charge in [-0.15, -0.1) is 0 Å². The first-order valence-corrected chi connectivity index (χ1v) is 6.73. The van der Waals surface area contributed by atoms with Crippen molar-refractivity contribution in [1.29, 1.82) is 0 Å². The average molecular weight is 323 g/mol. The first-order chi connectivity index (χ1) is 10.5. The summed E-state index contributed by atoms with van der Waals surface area (Å²) in [6, 6.07) is 1.46. The summed E-state index contributed by atoms with van der Waals surface area (Å²) in [4.78, 5) is 35.4.